The molecule has 0 saturated heterocycles. The van der Waals surface area contributed by atoms with Crippen molar-refractivity contribution in [1.82, 2.24) is 0 Å². The minimum Gasteiger partial charge on any atom is -0.327 e. The zero-order valence-electron chi connectivity index (χ0n) is 8.45. The molecule has 15 heavy (non-hydrogen) atoms. The third-order valence-corrected chi connectivity index (χ3v) is 3.51. The van der Waals surface area contributed by atoms with E-state index in [1.54, 1.807) is 0 Å². The van der Waals surface area contributed by atoms with Crippen molar-refractivity contribution in [2.75, 3.05) is 0 Å². The molecule has 0 radical (unpaired) electrons. The second kappa shape index (κ2) is 4.45. The molecule has 2 N–H and O–H groups in total. The van der Waals surface area contributed by atoms with Gasteiger partial charge in [0.1, 0.15) is 0 Å². The van der Waals surface area contributed by atoms with Crippen LogP contribution < -0.4 is 5.73 Å². The minimum atomic E-state index is 0.0271. The molecule has 1 saturated carbocycles. The first-order valence-electron chi connectivity index (χ1n) is 5.24. The lowest BCUT2D eigenvalue weighted by atomic mass is 9.94. The van der Waals surface area contributed by atoms with Gasteiger partial charge in [-0.25, -0.2) is 0 Å². The van der Waals surface area contributed by atoms with Gasteiger partial charge in [0.15, 0.2) is 5.78 Å². The highest BCUT2D eigenvalue weighted by Gasteiger charge is 2.30. The van der Waals surface area contributed by atoms with Crippen LogP contribution >= 0.6 is 15.9 Å². The Bertz CT molecular complexity index is 378. The zero-order valence-corrected chi connectivity index (χ0v) is 10.0. The van der Waals surface area contributed by atoms with E-state index in [1.807, 2.05) is 24.3 Å². The van der Waals surface area contributed by atoms with Gasteiger partial charge in [-0.1, -0.05) is 34.5 Å². The smallest absolute Gasteiger partial charge is 0.167 e. The topological polar surface area (TPSA) is 43.1 Å². The van der Waals surface area contributed by atoms with Gasteiger partial charge in [0.05, 0.1) is 0 Å². The van der Waals surface area contributed by atoms with E-state index in [9.17, 15) is 4.79 Å². The van der Waals surface area contributed by atoms with Gasteiger partial charge in [-0.05, 0) is 25.0 Å². The monoisotopic (exact) mass is 267 g/mol. The molecule has 2 nitrogen and oxygen atoms in total. The van der Waals surface area contributed by atoms with Crippen LogP contribution in [0.2, 0.25) is 0 Å². The van der Waals surface area contributed by atoms with Gasteiger partial charge in [0, 0.05) is 22.0 Å². The van der Waals surface area contributed by atoms with Crippen molar-refractivity contribution >= 4 is 21.7 Å². The summed E-state index contributed by atoms with van der Waals surface area (Å²) < 4.78 is 0.944. The minimum absolute atomic E-state index is 0.0271. The molecule has 1 aromatic carbocycles. The first-order chi connectivity index (χ1) is 7.18. The molecule has 0 aliphatic heterocycles. The van der Waals surface area contributed by atoms with Crippen LogP contribution in [0.15, 0.2) is 28.7 Å². The number of ketones is 1. The van der Waals surface area contributed by atoms with E-state index in [0.717, 1.165) is 29.3 Å². The second-order valence-electron chi connectivity index (χ2n) is 4.08. The molecule has 0 amide bonds. The molecule has 2 rings (SSSR count). The Hall–Kier alpha value is -0.670. The van der Waals surface area contributed by atoms with Crippen molar-refractivity contribution in [3.63, 3.8) is 0 Å². The SMILES string of the molecule is NC1CCCC1C(=O)c1cccc(Br)c1. The summed E-state index contributed by atoms with van der Waals surface area (Å²) in [5, 5.41) is 0. The van der Waals surface area contributed by atoms with Gasteiger partial charge in [0.2, 0.25) is 0 Å². The first-order valence-corrected chi connectivity index (χ1v) is 6.03. The highest BCUT2D eigenvalue weighted by Crippen LogP contribution is 2.28. The average Bonchev–Trinajstić information content (AvgIpc) is 2.63. The van der Waals surface area contributed by atoms with Crippen LogP contribution in [0, 0.1) is 5.92 Å². The van der Waals surface area contributed by atoms with Crippen LogP contribution in [0.3, 0.4) is 0 Å². The third kappa shape index (κ3) is 2.29. The Labute approximate surface area is 98.0 Å². The molecule has 0 bridgehead atoms. The summed E-state index contributed by atoms with van der Waals surface area (Å²) in [5.41, 5.74) is 6.69. The van der Waals surface area contributed by atoms with Crippen LogP contribution in [-0.2, 0) is 0 Å². The van der Waals surface area contributed by atoms with E-state index < -0.39 is 0 Å². The number of benzene rings is 1. The highest BCUT2D eigenvalue weighted by molar-refractivity contribution is 9.10. The summed E-state index contributed by atoms with van der Waals surface area (Å²) in [5.74, 6) is 0.223. The van der Waals surface area contributed by atoms with Gasteiger partial charge in [-0.3, -0.25) is 4.79 Å². The Morgan fingerprint density at radius 2 is 2.20 bits per heavy atom. The van der Waals surface area contributed by atoms with Gasteiger partial charge in [-0.15, -0.1) is 0 Å². The van der Waals surface area contributed by atoms with E-state index in [1.165, 1.54) is 0 Å². The fraction of sp³-hybridized carbons (Fsp3) is 0.417. The molecule has 0 spiro atoms. The fourth-order valence-corrected chi connectivity index (χ4v) is 2.57. The number of hydrogen-bond acceptors (Lipinski definition) is 2. The van der Waals surface area contributed by atoms with Crippen LogP contribution in [0.4, 0.5) is 0 Å². The lowest BCUT2D eigenvalue weighted by molar-refractivity contribution is 0.0913. The molecule has 3 heteroatoms. The number of hydrogen-bond donors (Lipinski definition) is 1. The van der Waals surface area contributed by atoms with Crippen LogP contribution in [0.25, 0.3) is 0 Å². The highest BCUT2D eigenvalue weighted by atomic mass is 79.9. The van der Waals surface area contributed by atoms with Gasteiger partial charge in [0.25, 0.3) is 0 Å². The van der Waals surface area contributed by atoms with E-state index in [4.69, 9.17) is 5.73 Å². The average molecular weight is 268 g/mol. The first kappa shape index (κ1) is 10.8. The van der Waals surface area contributed by atoms with Crippen molar-refractivity contribution in [2.24, 2.45) is 11.7 Å². The predicted octanol–water partition coefficient (Wildman–Crippen LogP) is 2.76. The number of nitrogens with two attached hydrogens (primary N) is 1. The maximum Gasteiger partial charge on any atom is 0.167 e. The Kier molecular flexibility index (Phi) is 3.22. The lowest BCUT2D eigenvalue weighted by Gasteiger charge is -2.13. The van der Waals surface area contributed by atoms with E-state index >= 15 is 0 Å². The van der Waals surface area contributed by atoms with Crippen molar-refractivity contribution in [2.45, 2.75) is 25.3 Å². The van der Waals surface area contributed by atoms with Gasteiger partial charge in [-0.2, -0.15) is 0 Å². The molecule has 2 atom stereocenters. The molecule has 80 valence electrons. The number of Topliss-reactive ketones (excluding diaryl/α,β-unsaturated/α-hetero) is 1. The second-order valence-corrected chi connectivity index (χ2v) is 4.99. The van der Waals surface area contributed by atoms with Crippen molar-refractivity contribution in [1.29, 1.82) is 0 Å². The summed E-state index contributed by atoms with van der Waals surface area (Å²) in [4.78, 5) is 12.1. The van der Waals surface area contributed by atoms with Crippen LogP contribution in [0.5, 0.6) is 0 Å². The van der Waals surface area contributed by atoms with Crippen LogP contribution in [-0.4, -0.2) is 11.8 Å². The maximum atomic E-state index is 12.1. The standard InChI is InChI=1S/C12H14BrNO/c13-9-4-1-3-8(7-9)12(15)10-5-2-6-11(10)14/h1,3-4,7,10-11H,2,5-6,14H2. The quantitative estimate of drug-likeness (QED) is 0.838. The van der Waals surface area contributed by atoms with Gasteiger partial charge >= 0.3 is 0 Å². The molecular weight excluding hydrogens is 254 g/mol. The molecule has 1 aromatic rings. The molecule has 1 fully saturated rings. The third-order valence-electron chi connectivity index (χ3n) is 3.02. The summed E-state index contributed by atoms with van der Waals surface area (Å²) in [7, 11) is 0. The van der Waals surface area contributed by atoms with Gasteiger partial charge < -0.3 is 5.73 Å². The Balaban J connectivity index is 2.20. The molecule has 0 heterocycles. The fourth-order valence-electron chi connectivity index (χ4n) is 2.17. The number of halogens is 1. The number of carbonyl (C=O) groups is 1. The number of rotatable bonds is 2. The predicted molar refractivity (Wildman–Crippen MR) is 63.8 cm³/mol. The maximum absolute atomic E-state index is 12.1. The normalized spacial score (nSPS) is 25.5. The summed E-state index contributed by atoms with van der Waals surface area (Å²) >= 11 is 3.37. The van der Waals surface area contributed by atoms with E-state index in [-0.39, 0.29) is 17.7 Å². The van der Waals surface area contributed by atoms with Crippen LogP contribution in [0.1, 0.15) is 29.6 Å². The Morgan fingerprint density at radius 3 is 2.80 bits per heavy atom. The molecular formula is C12H14BrNO. The molecule has 0 aromatic heterocycles. The summed E-state index contributed by atoms with van der Waals surface area (Å²) in [6, 6.07) is 7.59. The summed E-state index contributed by atoms with van der Waals surface area (Å²) in [6.07, 6.45) is 2.99. The number of carbonyl (C=O) groups excluding carboxylic acids is 1. The van der Waals surface area contributed by atoms with Crippen molar-refractivity contribution in [3.05, 3.63) is 34.3 Å². The van der Waals surface area contributed by atoms with Crippen molar-refractivity contribution in [3.8, 4) is 0 Å². The largest absolute Gasteiger partial charge is 0.327 e. The molecule has 2 unspecified atom stereocenters. The van der Waals surface area contributed by atoms with E-state index in [0.29, 0.717) is 0 Å². The Morgan fingerprint density at radius 1 is 1.40 bits per heavy atom. The molecule has 1 aliphatic carbocycles. The summed E-state index contributed by atoms with van der Waals surface area (Å²) in [6.45, 7) is 0. The van der Waals surface area contributed by atoms with Crippen molar-refractivity contribution < 1.29 is 4.79 Å². The van der Waals surface area contributed by atoms with E-state index in [2.05, 4.69) is 15.9 Å². The zero-order chi connectivity index (χ0) is 10.8. The lowest BCUT2D eigenvalue weighted by Crippen LogP contribution is -2.30. The molecule has 1 aliphatic rings.